The fraction of sp³-hybridized carbons (Fsp3) is 0.143. The molecule has 0 saturated heterocycles. The molecular formula is C14H15N3O4. The van der Waals surface area contributed by atoms with Crippen molar-refractivity contribution in [1.82, 2.24) is 4.98 Å². The summed E-state index contributed by atoms with van der Waals surface area (Å²) in [5.41, 5.74) is 11.3. The molecule has 0 spiro atoms. The van der Waals surface area contributed by atoms with Crippen LogP contribution in [0, 0.1) is 0 Å². The highest BCUT2D eigenvalue weighted by atomic mass is 16.5. The Morgan fingerprint density at radius 1 is 1.05 bits per heavy atom. The maximum Gasteiger partial charge on any atom is 0.267 e. The Bertz CT molecular complexity index is 651. The van der Waals surface area contributed by atoms with Gasteiger partial charge in [-0.2, -0.15) is 0 Å². The van der Waals surface area contributed by atoms with E-state index in [2.05, 4.69) is 4.98 Å². The van der Waals surface area contributed by atoms with Gasteiger partial charge in [0, 0.05) is 18.2 Å². The number of nitrogens with two attached hydrogens (primary N) is 2. The third-order valence-corrected chi connectivity index (χ3v) is 2.68. The van der Waals surface area contributed by atoms with Crippen molar-refractivity contribution in [2.24, 2.45) is 5.73 Å². The molecule has 0 radical (unpaired) electrons. The van der Waals surface area contributed by atoms with Crippen LogP contribution in [0.25, 0.3) is 0 Å². The van der Waals surface area contributed by atoms with Crippen molar-refractivity contribution >= 4 is 11.6 Å². The van der Waals surface area contributed by atoms with Crippen molar-refractivity contribution in [3.8, 4) is 23.1 Å². The molecule has 21 heavy (non-hydrogen) atoms. The Balaban J connectivity index is 2.37. The zero-order valence-electron chi connectivity index (χ0n) is 11.6. The summed E-state index contributed by atoms with van der Waals surface area (Å²) in [6, 6.07) is 7.90. The van der Waals surface area contributed by atoms with Crippen LogP contribution in [0.4, 0.5) is 5.69 Å². The molecule has 1 aromatic heterocycles. The minimum Gasteiger partial charge on any atom is -0.496 e. The average molecular weight is 289 g/mol. The van der Waals surface area contributed by atoms with Crippen LogP contribution in [0.5, 0.6) is 23.1 Å². The van der Waals surface area contributed by atoms with Gasteiger partial charge in [0.1, 0.15) is 22.9 Å². The second kappa shape index (κ2) is 6.00. The number of primary amides is 1. The molecule has 4 N–H and O–H groups in total. The third kappa shape index (κ3) is 3.33. The van der Waals surface area contributed by atoms with Gasteiger partial charge < -0.3 is 25.7 Å². The number of carbonyl (C=O) groups is 1. The van der Waals surface area contributed by atoms with E-state index in [9.17, 15) is 4.79 Å². The molecule has 2 aromatic rings. The normalized spacial score (nSPS) is 10.0. The lowest BCUT2D eigenvalue weighted by Gasteiger charge is -2.11. The van der Waals surface area contributed by atoms with Gasteiger partial charge in [-0.05, 0) is 12.1 Å². The van der Waals surface area contributed by atoms with Crippen LogP contribution in [-0.4, -0.2) is 25.1 Å². The van der Waals surface area contributed by atoms with E-state index in [1.807, 2.05) is 0 Å². The molecule has 2 rings (SSSR count). The predicted molar refractivity (Wildman–Crippen MR) is 76.8 cm³/mol. The molecule has 1 amide bonds. The van der Waals surface area contributed by atoms with Gasteiger partial charge in [0.05, 0.1) is 19.9 Å². The summed E-state index contributed by atoms with van der Waals surface area (Å²) in [6.07, 6.45) is 0. The molecule has 0 aliphatic carbocycles. The number of nitrogens with zero attached hydrogens (tertiary/aromatic N) is 1. The number of anilines is 1. The Hall–Kier alpha value is -2.96. The van der Waals surface area contributed by atoms with Crippen LogP contribution >= 0.6 is 0 Å². The molecule has 7 heteroatoms. The van der Waals surface area contributed by atoms with Crippen LogP contribution in [0.1, 0.15) is 10.5 Å². The summed E-state index contributed by atoms with van der Waals surface area (Å²) >= 11 is 0. The van der Waals surface area contributed by atoms with E-state index in [4.69, 9.17) is 25.7 Å². The van der Waals surface area contributed by atoms with Crippen LogP contribution in [0.3, 0.4) is 0 Å². The zero-order valence-corrected chi connectivity index (χ0v) is 11.6. The number of hydrogen-bond donors (Lipinski definition) is 2. The molecule has 0 unspecified atom stereocenters. The van der Waals surface area contributed by atoms with Crippen LogP contribution in [0.15, 0.2) is 30.3 Å². The molecule has 0 saturated carbocycles. The highest BCUT2D eigenvalue weighted by Crippen LogP contribution is 2.32. The Morgan fingerprint density at radius 2 is 1.62 bits per heavy atom. The number of pyridine rings is 1. The summed E-state index contributed by atoms with van der Waals surface area (Å²) < 4.78 is 15.9. The Morgan fingerprint density at radius 3 is 2.14 bits per heavy atom. The summed E-state index contributed by atoms with van der Waals surface area (Å²) in [5.74, 6) is 0.930. The summed E-state index contributed by atoms with van der Waals surface area (Å²) in [5, 5.41) is 0. The molecule has 0 aliphatic heterocycles. The first kappa shape index (κ1) is 14.4. The van der Waals surface area contributed by atoms with Crippen LogP contribution < -0.4 is 25.7 Å². The number of hydrogen-bond acceptors (Lipinski definition) is 6. The van der Waals surface area contributed by atoms with Gasteiger partial charge in [-0.1, -0.05) is 0 Å². The average Bonchev–Trinajstić information content (AvgIpc) is 2.48. The number of amides is 1. The van der Waals surface area contributed by atoms with E-state index in [1.54, 1.807) is 18.2 Å². The third-order valence-electron chi connectivity index (χ3n) is 2.68. The van der Waals surface area contributed by atoms with Gasteiger partial charge in [-0.15, -0.1) is 0 Å². The zero-order chi connectivity index (χ0) is 15.4. The lowest BCUT2D eigenvalue weighted by atomic mass is 10.3. The molecule has 110 valence electrons. The van der Waals surface area contributed by atoms with E-state index in [-0.39, 0.29) is 17.3 Å². The number of benzene rings is 1. The largest absolute Gasteiger partial charge is 0.496 e. The smallest absolute Gasteiger partial charge is 0.267 e. The number of carbonyl (C=O) groups excluding carboxylic acids is 1. The standard InChI is InChI=1S/C14H15N3O4/c1-19-8-5-9(20-2)7-10(6-8)21-14-11(15)3-4-12(17-14)13(16)18/h3-7H,15H2,1-2H3,(H2,16,18). The molecule has 0 bridgehead atoms. The van der Waals surface area contributed by atoms with Gasteiger partial charge in [0.25, 0.3) is 5.91 Å². The number of rotatable bonds is 5. The summed E-state index contributed by atoms with van der Waals surface area (Å²) in [6.45, 7) is 0. The van der Waals surface area contributed by atoms with Crippen molar-refractivity contribution in [3.05, 3.63) is 36.0 Å². The number of methoxy groups -OCH3 is 2. The highest BCUT2D eigenvalue weighted by Gasteiger charge is 2.11. The second-order valence-electron chi connectivity index (χ2n) is 4.11. The molecule has 1 heterocycles. The van der Waals surface area contributed by atoms with Crippen molar-refractivity contribution in [2.45, 2.75) is 0 Å². The van der Waals surface area contributed by atoms with Gasteiger partial charge >= 0.3 is 0 Å². The first-order valence-corrected chi connectivity index (χ1v) is 6.00. The van der Waals surface area contributed by atoms with Crippen LogP contribution in [0.2, 0.25) is 0 Å². The molecule has 7 nitrogen and oxygen atoms in total. The summed E-state index contributed by atoms with van der Waals surface area (Å²) in [4.78, 5) is 15.1. The van der Waals surface area contributed by atoms with Gasteiger partial charge in [0.15, 0.2) is 0 Å². The Kier molecular flexibility index (Phi) is 4.13. The van der Waals surface area contributed by atoms with E-state index < -0.39 is 5.91 Å². The van der Waals surface area contributed by atoms with Crippen LogP contribution in [-0.2, 0) is 0 Å². The van der Waals surface area contributed by atoms with Crippen molar-refractivity contribution in [3.63, 3.8) is 0 Å². The topological polar surface area (TPSA) is 110 Å². The first-order chi connectivity index (χ1) is 10.0. The number of aromatic nitrogens is 1. The van der Waals surface area contributed by atoms with Gasteiger partial charge in [0.2, 0.25) is 5.88 Å². The van der Waals surface area contributed by atoms with E-state index in [0.29, 0.717) is 17.2 Å². The molecule has 0 fully saturated rings. The predicted octanol–water partition coefficient (Wildman–Crippen LogP) is 1.57. The maximum absolute atomic E-state index is 11.1. The fourth-order valence-electron chi connectivity index (χ4n) is 1.62. The minimum atomic E-state index is -0.664. The monoisotopic (exact) mass is 289 g/mol. The summed E-state index contributed by atoms with van der Waals surface area (Å²) in [7, 11) is 3.05. The maximum atomic E-state index is 11.1. The number of nitrogen functional groups attached to an aromatic ring is 1. The molecule has 0 aliphatic rings. The lowest BCUT2D eigenvalue weighted by Crippen LogP contribution is -2.13. The lowest BCUT2D eigenvalue weighted by molar-refractivity contribution is 0.0995. The molecular weight excluding hydrogens is 274 g/mol. The van der Waals surface area contributed by atoms with Gasteiger partial charge in [-0.3, -0.25) is 4.79 Å². The number of ether oxygens (including phenoxy) is 3. The SMILES string of the molecule is COc1cc(OC)cc(Oc2nc(C(N)=O)ccc2N)c1. The van der Waals surface area contributed by atoms with E-state index in [1.165, 1.54) is 26.4 Å². The van der Waals surface area contributed by atoms with Gasteiger partial charge in [-0.25, -0.2) is 4.98 Å². The Labute approximate surface area is 121 Å². The van der Waals surface area contributed by atoms with Crippen molar-refractivity contribution < 1.29 is 19.0 Å². The van der Waals surface area contributed by atoms with Crippen molar-refractivity contribution in [2.75, 3.05) is 20.0 Å². The fourth-order valence-corrected chi connectivity index (χ4v) is 1.62. The van der Waals surface area contributed by atoms with E-state index >= 15 is 0 Å². The van der Waals surface area contributed by atoms with E-state index in [0.717, 1.165) is 0 Å². The minimum absolute atomic E-state index is 0.0639. The quantitative estimate of drug-likeness (QED) is 0.864. The van der Waals surface area contributed by atoms with Crippen molar-refractivity contribution in [1.29, 1.82) is 0 Å². The molecule has 1 aromatic carbocycles. The second-order valence-corrected chi connectivity index (χ2v) is 4.11. The highest BCUT2D eigenvalue weighted by molar-refractivity contribution is 5.91. The first-order valence-electron chi connectivity index (χ1n) is 6.00. The molecule has 0 atom stereocenters.